The number of carbonyl (C=O) groups is 2. The molecule has 3 N–H and O–H groups in total. The third kappa shape index (κ3) is 4.81. The number of amides is 2. The summed E-state index contributed by atoms with van der Waals surface area (Å²) < 4.78 is 0. The highest BCUT2D eigenvalue weighted by Gasteiger charge is 2.44. The molecule has 4 heterocycles. The number of anilines is 1. The first-order valence-corrected chi connectivity index (χ1v) is 12.9. The number of carbonyl (C=O) groups excluding carboxylic acids is 2. The van der Waals surface area contributed by atoms with Crippen LogP contribution in [0.4, 0.5) is 5.82 Å². The molecule has 8 nitrogen and oxygen atoms in total. The van der Waals surface area contributed by atoms with Gasteiger partial charge in [0.2, 0.25) is 0 Å². The molecule has 2 aromatic rings. The van der Waals surface area contributed by atoms with Crippen LogP contribution in [0.5, 0.6) is 0 Å². The van der Waals surface area contributed by atoms with Gasteiger partial charge in [0.1, 0.15) is 11.5 Å². The van der Waals surface area contributed by atoms with Gasteiger partial charge in [-0.2, -0.15) is 0 Å². The summed E-state index contributed by atoms with van der Waals surface area (Å²) in [5.41, 5.74) is 0.996. The lowest BCUT2D eigenvalue weighted by Crippen LogP contribution is -2.47. The van der Waals surface area contributed by atoms with Gasteiger partial charge in [0.25, 0.3) is 11.8 Å². The van der Waals surface area contributed by atoms with Crippen molar-refractivity contribution in [2.45, 2.75) is 97.0 Å². The zero-order chi connectivity index (χ0) is 24.8. The lowest BCUT2D eigenvalue weighted by Gasteiger charge is -2.26. The van der Waals surface area contributed by atoms with Crippen LogP contribution in [0.15, 0.2) is 12.3 Å². The minimum absolute atomic E-state index is 0.102. The maximum Gasteiger partial charge on any atom is 0.280 e. The molecular weight excluding hydrogens is 450 g/mol. The van der Waals surface area contributed by atoms with Crippen molar-refractivity contribution < 1.29 is 14.7 Å². The molecule has 2 saturated heterocycles. The lowest BCUT2D eigenvalue weighted by molar-refractivity contribution is 0.0408. The zero-order valence-electron chi connectivity index (χ0n) is 20.8. The predicted octanol–water partition coefficient (Wildman–Crippen LogP) is 3.99. The van der Waals surface area contributed by atoms with Crippen LogP contribution < -0.4 is 10.6 Å². The van der Waals surface area contributed by atoms with E-state index >= 15 is 0 Å². The average molecular weight is 486 g/mol. The van der Waals surface area contributed by atoms with Crippen LogP contribution in [-0.2, 0) is 0 Å². The number of hydrogen-bond acceptors (Lipinski definition) is 7. The number of nitrogens with zero attached hydrogens (tertiary/aromatic N) is 3. The zero-order valence-corrected chi connectivity index (χ0v) is 21.6. The van der Waals surface area contributed by atoms with Gasteiger partial charge >= 0.3 is 0 Å². The SMILES string of the molecule is Cc1cc(NC(C)C)ncc1-c1sc(C(=O)N[C@@H](C)C(C)(C)O)nc1C(=O)N1C2CCC1CC2. The molecule has 0 saturated carbocycles. The van der Waals surface area contributed by atoms with Gasteiger partial charge in [-0.05, 0) is 78.9 Å². The Bertz CT molecular complexity index is 1070. The van der Waals surface area contributed by atoms with Crippen LogP contribution >= 0.6 is 11.3 Å². The molecule has 0 spiro atoms. The molecule has 34 heavy (non-hydrogen) atoms. The van der Waals surface area contributed by atoms with Crippen molar-refractivity contribution in [3.63, 3.8) is 0 Å². The third-order valence-corrected chi connectivity index (χ3v) is 8.00. The molecule has 0 radical (unpaired) electrons. The maximum absolute atomic E-state index is 13.7. The summed E-state index contributed by atoms with van der Waals surface area (Å²) in [5, 5.41) is 16.6. The first-order valence-electron chi connectivity index (χ1n) is 12.1. The maximum atomic E-state index is 13.7. The van der Waals surface area contributed by atoms with E-state index < -0.39 is 17.6 Å². The molecule has 2 bridgehead atoms. The standard InChI is InChI=1S/C25H35N5O3S/c1-13(2)27-19-11-14(3)18(12-26-19)21-20(24(32)30-16-7-8-17(30)10-9-16)29-23(34-21)22(31)28-15(4)25(5,6)33/h11-13,15-17,33H,7-10H2,1-6H3,(H,26,27)(H,28,31)/t15-,16?,17?/m0/s1. The number of aromatic nitrogens is 2. The van der Waals surface area contributed by atoms with Crippen molar-refractivity contribution in [3.05, 3.63) is 28.5 Å². The van der Waals surface area contributed by atoms with E-state index in [2.05, 4.69) is 34.4 Å². The summed E-state index contributed by atoms with van der Waals surface area (Å²) in [7, 11) is 0. The van der Waals surface area contributed by atoms with E-state index in [1.54, 1.807) is 27.0 Å². The Morgan fingerprint density at radius 3 is 2.32 bits per heavy atom. The summed E-state index contributed by atoms with van der Waals surface area (Å²) in [4.78, 5) is 38.5. The lowest BCUT2D eigenvalue weighted by atomic mass is 10.0. The minimum atomic E-state index is -1.08. The number of thiazole rings is 1. The highest BCUT2D eigenvalue weighted by atomic mass is 32.1. The first kappa shape index (κ1) is 24.6. The molecule has 9 heteroatoms. The van der Waals surface area contributed by atoms with Crippen molar-refractivity contribution in [2.75, 3.05) is 5.32 Å². The molecule has 0 aliphatic carbocycles. The van der Waals surface area contributed by atoms with E-state index in [1.807, 2.05) is 17.9 Å². The Morgan fingerprint density at radius 2 is 1.79 bits per heavy atom. The monoisotopic (exact) mass is 485 g/mol. The van der Waals surface area contributed by atoms with Crippen molar-refractivity contribution in [3.8, 4) is 10.4 Å². The Labute approximate surface area is 205 Å². The van der Waals surface area contributed by atoms with Crippen molar-refractivity contribution in [1.29, 1.82) is 0 Å². The van der Waals surface area contributed by atoms with Crippen molar-refractivity contribution >= 4 is 29.0 Å². The van der Waals surface area contributed by atoms with Gasteiger partial charge in [-0.25, -0.2) is 9.97 Å². The largest absolute Gasteiger partial charge is 0.388 e. The number of pyridine rings is 1. The van der Waals surface area contributed by atoms with Crippen LogP contribution in [0.3, 0.4) is 0 Å². The fourth-order valence-corrected chi connectivity index (χ4v) is 5.75. The van der Waals surface area contributed by atoms with Crippen LogP contribution in [0, 0.1) is 6.92 Å². The number of hydrogen-bond donors (Lipinski definition) is 3. The van der Waals surface area contributed by atoms with Gasteiger partial charge < -0.3 is 20.6 Å². The predicted molar refractivity (Wildman–Crippen MR) is 134 cm³/mol. The van der Waals surface area contributed by atoms with Gasteiger partial charge in [-0.1, -0.05) is 0 Å². The fourth-order valence-electron chi connectivity index (χ4n) is 4.71. The van der Waals surface area contributed by atoms with Crippen molar-refractivity contribution in [1.82, 2.24) is 20.2 Å². The van der Waals surface area contributed by atoms with Crippen LogP contribution in [0.25, 0.3) is 10.4 Å². The first-order chi connectivity index (χ1) is 16.0. The summed E-state index contributed by atoms with van der Waals surface area (Å²) in [6, 6.07) is 2.24. The molecule has 2 aliphatic rings. The number of fused-ring (bicyclic) bond motifs is 2. The molecule has 2 aromatic heterocycles. The Hall–Kier alpha value is -2.52. The molecule has 2 fully saturated rings. The minimum Gasteiger partial charge on any atom is -0.388 e. The molecule has 0 aromatic carbocycles. The summed E-state index contributed by atoms with van der Waals surface area (Å²) >= 11 is 1.20. The van der Waals surface area contributed by atoms with E-state index in [0.717, 1.165) is 42.6 Å². The smallest absolute Gasteiger partial charge is 0.280 e. The number of aryl methyl sites for hydroxylation is 1. The highest BCUT2D eigenvalue weighted by Crippen LogP contribution is 2.41. The second-order valence-electron chi connectivity index (χ2n) is 10.4. The highest BCUT2D eigenvalue weighted by molar-refractivity contribution is 7.17. The van der Waals surface area contributed by atoms with Crippen LogP contribution in [0.2, 0.25) is 0 Å². The molecule has 184 valence electrons. The average Bonchev–Trinajstić information content (AvgIpc) is 3.46. The van der Waals surface area contributed by atoms with Crippen LogP contribution in [0.1, 0.15) is 86.2 Å². The summed E-state index contributed by atoms with van der Waals surface area (Å²) in [6.45, 7) is 11.1. The van der Waals surface area contributed by atoms with Gasteiger partial charge in [0, 0.05) is 29.9 Å². The Kier molecular flexibility index (Phi) is 6.70. The second-order valence-corrected chi connectivity index (χ2v) is 11.4. The normalized spacial score (nSPS) is 20.6. The van der Waals surface area contributed by atoms with Gasteiger partial charge in [0.05, 0.1) is 16.5 Å². The van der Waals surface area contributed by atoms with E-state index in [-0.39, 0.29) is 29.0 Å². The van der Waals surface area contributed by atoms with E-state index in [4.69, 9.17) is 0 Å². The molecule has 2 aliphatic heterocycles. The van der Waals surface area contributed by atoms with Gasteiger partial charge in [0.15, 0.2) is 5.01 Å². The summed E-state index contributed by atoms with van der Waals surface area (Å²) in [6.07, 6.45) is 5.87. The molecule has 1 atom stereocenters. The Balaban J connectivity index is 1.72. The molecule has 0 unspecified atom stereocenters. The van der Waals surface area contributed by atoms with E-state index in [0.29, 0.717) is 10.6 Å². The van der Waals surface area contributed by atoms with Gasteiger partial charge in [-0.3, -0.25) is 9.59 Å². The second kappa shape index (κ2) is 9.26. The number of nitrogens with one attached hydrogen (secondary N) is 2. The summed E-state index contributed by atoms with van der Waals surface area (Å²) in [5.74, 6) is 0.269. The van der Waals surface area contributed by atoms with Gasteiger partial charge in [-0.15, -0.1) is 11.3 Å². The van der Waals surface area contributed by atoms with E-state index in [1.165, 1.54) is 11.3 Å². The quantitative estimate of drug-likeness (QED) is 0.547. The van der Waals surface area contributed by atoms with E-state index in [9.17, 15) is 14.7 Å². The fraction of sp³-hybridized carbons (Fsp3) is 0.600. The molecular formula is C25H35N5O3S. The van der Waals surface area contributed by atoms with Crippen LogP contribution in [-0.4, -0.2) is 61.6 Å². The van der Waals surface area contributed by atoms with Crippen molar-refractivity contribution in [2.24, 2.45) is 0 Å². The molecule has 4 rings (SSSR count). The third-order valence-electron chi connectivity index (χ3n) is 6.91. The topological polar surface area (TPSA) is 107 Å². The number of rotatable bonds is 7. The number of aliphatic hydroxyl groups is 1. The molecule has 2 amide bonds. The Morgan fingerprint density at radius 1 is 1.18 bits per heavy atom.